The predicted molar refractivity (Wildman–Crippen MR) is 105 cm³/mol. The summed E-state index contributed by atoms with van der Waals surface area (Å²) >= 11 is 0. The van der Waals surface area contributed by atoms with Crippen LogP contribution >= 0.6 is 0 Å². The lowest BCUT2D eigenvalue weighted by Crippen LogP contribution is -2.26. The van der Waals surface area contributed by atoms with E-state index in [9.17, 15) is 9.18 Å². The van der Waals surface area contributed by atoms with Crippen LogP contribution < -0.4 is 5.32 Å². The van der Waals surface area contributed by atoms with Crippen LogP contribution in [0.5, 0.6) is 0 Å². The number of aryl methyl sites for hydroxylation is 1. The van der Waals surface area contributed by atoms with Crippen molar-refractivity contribution in [1.29, 1.82) is 0 Å². The van der Waals surface area contributed by atoms with Crippen molar-refractivity contribution >= 4 is 5.91 Å². The molecule has 0 aliphatic rings. The van der Waals surface area contributed by atoms with Crippen LogP contribution in [0.4, 0.5) is 4.39 Å². The molecule has 1 amide bonds. The van der Waals surface area contributed by atoms with Gasteiger partial charge in [0.15, 0.2) is 0 Å². The van der Waals surface area contributed by atoms with E-state index in [1.165, 1.54) is 11.6 Å². The van der Waals surface area contributed by atoms with Gasteiger partial charge in [-0.1, -0.05) is 61.5 Å². The van der Waals surface area contributed by atoms with Gasteiger partial charge in [-0.25, -0.2) is 4.39 Å². The van der Waals surface area contributed by atoms with Crippen molar-refractivity contribution < 1.29 is 13.7 Å². The maximum absolute atomic E-state index is 13.5. The molecule has 0 aliphatic carbocycles. The summed E-state index contributed by atoms with van der Waals surface area (Å²) in [5.74, 6) is 1.03. The molecule has 0 unspecified atom stereocenters. The topological polar surface area (TPSA) is 68.0 Å². The number of amides is 1. The Morgan fingerprint density at radius 1 is 1.11 bits per heavy atom. The maximum atomic E-state index is 13.5. The first-order valence-corrected chi connectivity index (χ1v) is 9.46. The summed E-state index contributed by atoms with van der Waals surface area (Å²) in [6.45, 7) is 4.67. The zero-order valence-corrected chi connectivity index (χ0v) is 16.1. The zero-order valence-electron chi connectivity index (χ0n) is 16.1. The van der Waals surface area contributed by atoms with E-state index in [1.54, 1.807) is 18.2 Å². The lowest BCUT2D eigenvalue weighted by atomic mass is 10.0. The average Bonchev–Trinajstić information content (AvgIpc) is 3.17. The van der Waals surface area contributed by atoms with Crippen LogP contribution in [0, 0.1) is 5.82 Å². The second-order valence-electron chi connectivity index (χ2n) is 6.98. The molecule has 28 heavy (non-hydrogen) atoms. The highest BCUT2D eigenvalue weighted by atomic mass is 19.1. The van der Waals surface area contributed by atoms with Crippen LogP contribution in [-0.2, 0) is 17.6 Å². The van der Waals surface area contributed by atoms with Gasteiger partial charge in [-0.05, 0) is 29.5 Å². The largest absolute Gasteiger partial charge is 0.356 e. The normalized spacial score (nSPS) is 11.0. The molecule has 1 aromatic heterocycles. The van der Waals surface area contributed by atoms with Gasteiger partial charge in [0.05, 0.1) is 0 Å². The van der Waals surface area contributed by atoms with Gasteiger partial charge in [0.2, 0.25) is 17.6 Å². The van der Waals surface area contributed by atoms with Gasteiger partial charge in [0, 0.05) is 24.9 Å². The van der Waals surface area contributed by atoms with E-state index in [0.29, 0.717) is 42.6 Å². The Morgan fingerprint density at radius 3 is 2.57 bits per heavy atom. The summed E-state index contributed by atoms with van der Waals surface area (Å²) in [6.07, 6.45) is 1.06. The summed E-state index contributed by atoms with van der Waals surface area (Å²) < 4.78 is 18.8. The SMILES string of the molecule is CC(C)c1ccc(-c2noc(CCC(=O)NCCc3ccccc3F)n2)cc1. The van der Waals surface area contributed by atoms with Crippen molar-refractivity contribution in [2.45, 2.75) is 39.0 Å². The van der Waals surface area contributed by atoms with E-state index >= 15 is 0 Å². The molecular weight excluding hydrogens is 357 g/mol. The Bertz CT molecular complexity index is 920. The molecule has 1 heterocycles. The maximum Gasteiger partial charge on any atom is 0.227 e. The second kappa shape index (κ2) is 9.26. The Balaban J connectivity index is 1.46. The number of halogens is 1. The van der Waals surface area contributed by atoms with E-state index in [-0.39, 0.29) is 18.1 Å². The third-order valence-electron chi connectivity index (χ3n) is 4.54. The Labute approximate surface area is 164 Å². The lowest BCUT2D eigenvalue weighted by molar-refractivity contribution is -0.121. The van der Waals surface area contributed by atoms with E-state index in [1.807, 2.05) is 12.1 Å². The minimum Gasteiger partial charge on any atom is -0.356 e. The molecule has 5 nitrogen and oxygen atoms in total. The molecule has 0 bridgehead atoms. The first-order valence-electron chi connectivity index (χ1n) is 9.46. The number of nitrogens with one attached hydrogen (secondary N) is 1. The molecule has 0 saturated heterocycles. The van der Waals surface area contributed by atoms with Gasteiger partial charge in [0.1, 0.15) is 5.82 Å². The number of hydrogen-bond acceptors (Lipinski definition) is 4. The third kappa shape index (κ3) is 5.25. The number of rotatable bonds is 8. The Morgan fingerprint density at radius 2 is 1.86 bits per heavy atom. The molecule has 6 heteroatoms. The minimum atomic E-state index is -0.253. The fourth-order valence-corrected chi connectivity index (χ4v) is 2.84. The molecule has 0 spiro atoms. The number of aromatic nitrogens is 2. The molecule has 0 fully saturated rings. The summed E-state index contributed by atoms with van der Waals surface area (Å²) in [5.41, 5.74) is 2.72. The van der Waals surface area contributed by atoms with Crippen LogP contribution in [0.2, 0.25) is 0 Å². The van der Waals surface area contributed by atoms with Crippen molar-refractivity contribution in [3.05, 3.63) is 71.4 Å². The number of benzene rings is 2. The van der Waals surface area contributed by atoms with Crippen LogP contribution in [0.1, 0.15) is 43.2 Å². The molecule has 3 aromatic rings. The predicted octanol–water partition coefficient (Wildman–Crippen LogP) is 4.29. The smallest absolute Gasteiger partial charge is 0.227 e. The molecule has 3 rings (SSSR count). The quantitative estimate of drug-likeness (QED) is 0.632. The van der Waals surface area contributed by atoms with Crippen molar-refractivity contribution in [2.24, 2.45) is 0 Å². The Hall–Kier alpha value is -3.02. The van der Waals surface area contributed by atoms with Gasteiger partial charge in [0.25, 0.3) is 0 Å². The first-order chi connectivity index (χ1) is 13.5. The summed E-state index contributed by atoms with van der Waals surface area (Å²) in [4.78, 5) is 16.3. The van der Waals surface area contributed by atoms with E-state index in [2.05, 4.69) is 41.4 Å². The van der Waals surface area contributed by atoms with Crippen molar-refractivity contribution in [1.82, 2.24) is 15.5 Å². The van der Waals surface area contributed by atoms with Crippen molar-refractivity contribution in [3.63, 3.8) is 0 Å². The molecule has 1 N–H and O–H groups in total. The van der Waals surface area contributed by atoms with Crippen LogP contribution in [0.25, 0.3) is 11.4 Å². The number of hydrogen-bond donors (Lipinski definition) is 1. The highest BCUT2D eigenvalue weighted by Crippen LogP contribution is 2.20. The third-order valence-corrected chi connectivity index (χ3v) is 4.54. The number of carbonyl (C=O) groups excluding carboxylic acids is 1. The highest BCUT2D eigenvalue weighted by molar-refractivity contribution is 5.76. The van der Waals surface area contributed by atoms with Gasteiger partial charge < -0.3 is 9.84 Å². The van der Waals surface area contributed by atoms with Gasteiger partial charge in [-0.2, -0.15) is 4.98 Å². The second-order valence-corrected chi connectivity index (χ2v) is 6.98. The summed E-state index contributed by atoms with van der Waals surface area (Å²) in [6, 6.07) is 14.6. The Kier molecular flexibility index (Phi) is 6.53. The van der Waals surface area contributed by atoms with Gasteiger partial charge in [-0.3, -0.25) is 4.79 Å². The van der Waals surface area contributed by atoms with Crippen LogP contribution in [-0.4, -0.2) is 22.6 Å². The van der Waals surface area contributed by atoms with Crippen molar-refractivity contribution in [2.75, 3.05) is 6.54 Å². The average molecular weight is 381 g/mol. The molecule has 0 atom stereocenters. The summed E-state index contributed by atoms with van der Waals surface area (Å²) in [7, 11) is 0. The fraction of sp³-hybridized carbons (Fsp3) is 0.318. The van der Waals surface area contributed by atoms with E-state index in [4.69, 9.17) is 4.52 Å². The monoisotopic (exact) mass is 381 g/mol. The standard InChI is InChI=1S/C22H24FN3O2/c1-15(2)16-7-9-18(10-8-16)22-25-21(28-26-22)12-11-20(27)24-14-13-17-5-3-4-6-19(17)23/h3-10,15H,11-14H2,1-2H3,(H,24,27). The highest BCUT2D eigenvalue weighted by Gasteiger charge is 2.11. The fourth-order valence-electron chi connectivity index (χ4n) is 2.84. The number of nitrogens with zero attached hydrogens (tertiary/aromatic N) is 2. The molecule has 0 saturated carbocycles. The van der Waals surface area contributed by atoms with Gasteiger partial charge in [-0.15, -0.1) is 0 Å². The molecule has 0 radical (unpaired) electrons. The van der Waals surface area contributed by atoms with Crippen molar-refractivity contribution in [3.8, 4) is 11.4 Å². The van der Waals surface area contributed by atoms with E-state index < -0.39 is 0 Å². The number of carbonyl (C=O) groups is 1. The van der Waals surface area contributed by atoms with Crippen LogP contribution in [0.3, 0.4) is 0 Å². The molecular formula is C22H24FN3O2. The van der Waals surface area contributed by atoms with Crippen LogP contribution in [0.15, 0.2) is 53.1 Å². The van der Waals surface area contributed by atoms with Gasteiger partial charge >= 0.3 is 0 Å². The zero-order chi connectivity index (χ0) is 19.9. The first kappa shape index (κ1) is 19.7. The molecule has 2 aromatic carbocycles. The minimum absolute atomic E-state index is 0.127. The molecule has 0 aliphatic heterocycles. The molecule has 146 valence electrons. The lowest BCUT2D eigenvalue weighted by Gasteiger charge is -2.05. The summed E-state index contributed by atoms with van der Waals surface area (Å²) in [5, 5.41) is 6.78. The van der Waals surface area contributed by atoms with E-state index in [0.717, 1.165) is 5.56 Å².